The van der Waals surface area contributed by atoms with Gasteiger partial charge in [0.25, 0.3) is 0 Å². The normalized spacial score (nSPS) is 30.3. The lowest BCUT2D eigenvalue weighted by molar-refractivity contribution is -0.161. The monoisotopic (exact) mass is 524 g/mol. The maximum Gasteiger partial charge on any atom is 0.313 e. The van der Waals surface area contributed by atoms with Gasteiger partial charge in [-0.1, -0.05) is 62.9 Å². The first-order valence-corrected chi connectivity index (χ1v) is 13.5. The van der Waals surface area contributed by atoms with Gasteiger partial charge in [0, 0.05) is 13.1 Å². The molecule has 2 amide bonds. The second-order valence-corrected chi connectivity index (χ2v) is 11.4. The summed E-state index contributed by atoms with van der Waals surface area (Å²) in [5.41, 5.74) is -1.15. The van der Waals surface area contributed by atoms with E-state index in [0.717, 1.165) is 5.56 Å². The van der Waals surface area contributed by atoms with E-state index in [2.05, 4.69) is 13.2 Å². The number of carbonyl (C=O) groups excluding carboxylic acids is 3. The first kappa shape index (κ1) is 28.0. The predicted octanol–water partition coefficient (Wildman–Crippen LogP) is 3.10. The van der Waals surface area contributed by atoms with Gasteiger partial charge in [-0.05, 0) is 37.7 Å². The van der Waals surface area contributed by atoms with E-state index >= 15 is 0 Å². The number of rotatable bonds is 12. The Kier molecular flexibility index (Phi) is 8.14. The molecule has 3 fully saturated rings. The average molecular weight is 525 g/mol. The van der Waals surface area contributed by atoms with Crippen LogP contribution in [0.1, 0.15) is 45.6 Å². The Morgan fingerprint density at radius 1 is 1.24 bits per heavy atom. The Balaban J connectivity index is 1.79. The van der Waals surface area contributed by atoms with Gasteiger partial charge in [0.2, 0.25) is 11.8 Å². The molecule has 4 rings (SSSR count). The van der Waals surface area contributed by atoms with Gasteiger partial charge in [0.05, 0.1) is 24.2 Å². The van der Waals surface area contributed by atoms with Crippen LogP contribution in [0.2, 0.25) is 0 Å². The molecule has 0 saturated carbocycles. The number of esters is 1. The Hall–Kier alpha value is -2.97. The number of fused-ring (bicyclic) bond motifs is 1. The van der Waals surface area contributed by atoms with Gasteiger partial charge in [-0.3, -0.25) is 14.4 Å². The fraction of sp³-hybridized carbons (Fsp3) is 0.567. The summed E-state index contributed by atoms with van der Waals surface area (Å²) in [6, 6.07) is 8.08. The molecule has 1 aromatic rings. The van der Waals surface area contributed by atoms with Crippen LogP contribution in [0, 0.1) is 17.8 Å². The number of hydrogen-bond donors (Lipinski definition) is 1. The van der Waals surface area contributed by atoms with Gasteiger partial charge in [-0.25, -0.2) is 0 Å². The lowest BCUT2D eigenvalue weighted by Gasteiger charge is -2.40. The first-order chi connectivity index (χ1) is 18.1. The molecule has 1 spiro atoms. The number of benzene rings is 1. The summed E-state index contributed by atoms with van der Waals surface area (Å²) in [6.07, 6.45) is 4.65. The summed E-state index contributed by atoms with van der Waals surface area (Å²) >= 11 is 0. The lowest BCUT2D eigenvalue weighted by atomic mass is 9.66. The van der Waals surface area contributed by atoms with Crippen LogP contribution < -0.4 is 0 Å². The highest BCUT2D eigenvalue weighted by Crippen LogP contribution is 2.63. The van der Waals surface area contributed by atoms with E-state index in [1.807, 2.05) is 51.1 Å². The van der Waals surface area contributed by atoms with Gasteiger partial charge < -0.3 is 24.4 Å². The zero-order valence-electron chi connectivity index (χ0n) is 22.7. The van der Waals surface area contributed by atoms with Gasteiger partial charge in [0.15, 0.2) is 0 Å². The molecule has 8 nitrogen and oxygen atoms in total. The van der Waals surface area contributed by atoms with Crippen molar-refractivity contribution in [1.29, 1.82) is 0 Å². The summed E-state index contributed by atoms with van der Waals surface area (Å²) in [6.45, 7) is 13.7. The minimum Gasteiger partial charge on any atom is -0.461 e. The minimum atomic E-state index is -1.18. The van der Waals surface area contributed by atoms with Crippen molar-refractivity contribution >= 4 is 17.8 Å². The molecule has 0 radical (unpaired) electrons. The number of amides is 2. The molecule has 0 aromatic heterocycles. The Morgan fingerprint density at radius 2 is 1.95 bits per heavy atom. The molecule has 38 heavy (non-hydrogen) atoms. The van der Waals surface area contributed by atoms with Crippen molar-refractivity contribution in [2.75, 3.05) is 19.8 Å². The fourth-order valence-electron chi connectivity index (χ4n) is 6.81. The third kappa shape index (κ3) is 4.69. The average Bonchev–Trinajstić information content (AvgIpc) is 3.46. The quantitative estimate of drug-likeness (QED) is 0.334. The topological polar surface area (TPSA) is 96.4 Å². The zero-order chi connectivity index (χ0) is 27.7. The predicted molar refractivity (Wildman–Crippen MR) is 143 cm³/mol. The van der Waals surface area contributed by atoms with Crippen LogP contribution in [0.15, 0.2) is 55.6 Å². The van der Waals surface area contributed by atoms with Crippen molar-refractivity contribution in [2.45, 2.75) is 69.9 Å². The molecular formula is C30H40N2O6. The number of ether oxygens (including phenoxy) is 2. The Labute approximate surface area is 225 Å². The first-order valence-electron chi connectivity index (χ1n) is 13.5. The van der Waals surface area contributed by atoms with E-state index in [1.54, 1.807) is 11.0 Å². The SMILES string of the molecule is C=CCOC(=O)[C@H]1[C@H]2C(=O)N([C@@H](CO)CC(C)C)C(C(=O)N(CC=C)Cc3ccccc3)C23CC[C@]1(C)O3. The minimum absolute atomic E-state index is 0.0300. The van der Waals surface area contributed by atoms with Crippen LogP contribution in [-0.2, 0) is 30.4 Å². The van der Waals surface area contributed by atoms with E-state index in [-0.39, 0.29) is 37.5 Å². The van der Waals surface area contributed by atoms with E-state index in [1.165, 1.54) is 11.0 Å². The Morgan fingerprint density at radius 3 is 2.55 bits per heavy atom. The molecule has 2 bridgehead atoms. The number of hydrogen-bond acceptors (Lipinski definition) is 6. The summed E-state index contributed by atoms with van der Waals surface area (Å²) in [5, 5.41) is 10.4. The van der Waals surface area contributed by atoms with Crippen LogP contribution in [0.5, 0.6) is 0 Å². The molecule has 6 atom stereocenters. The standard InChI is InChI=1S/C30H40N2O6/c1-6-15-31(18-21-11-9-8-10-12-21)27(35)25-30-14-13-29(5,38-30)24(28(36)37-16-7-2)23(30)26(34)32(25)22(19-33)17-20(3)4/h6-12,20,22-25,33H,1-2,13-19H2,3-5H3/t22-,23+,24-,25?,29+,30?/m1/s1. The summed E-state index contributed by atoms with van der Waals surface area (Å²) < 4.78 is 12.1. The van der Waals surface area contributed by atoms with Gasteiger partial charge in [0.1, 0.15) is 24.2 Å². The molecule has 3 heterocycles. The Bertz CT molecular complexity index is 1070. The van der Waals surface area contributed by atoms with Crippen molar-refractivity contribution < 1.29 is 29.0 Å². The highest BCUT2D eigenvalue weighted by atomic mass is 16.6. The smallest absolute Gasteiger partial charge is 0.313 e. The lowest BCUT2D eigenvalue weighted by Crippen LogP contribution is -2.58. The molecule has 3 aliphatic rings. The highest BCUT2D eigenvalue weighted by molar-refractivity contribution is 5.98. The molecule has 3 aliphatic heterocycles. The van der Waals surface area contributed by atoms with E-state index < -0.39 is 41.1 Å². The zero-order valence-corrected chi connectivity index (χ0v) is 22.7. The summed E-state index contributed by atoms with van der Waals surface area (Å²) in [4.78, 5) is 45.2. The van der Waals surface area contributed by atoms with Crippen LogP contribution in [0.3, 0.4) is 0 Å². The number of likely N-dealkylation sites (tertiary alicyclic amines) is 1. The van der Waals surface area contributed by atoms with Crippen molar-refractivity contribution in [3.05, 3.63) is 61.2 Å². The number of nitrogens with zero attached hydrogens (tertiary/aromatic N) is 2. The number of carbonyl (C=O) groups is 3. The van der Waals surface area contributed by atoms with E-state index in [9.17, 15) is 19.5 Å². The van der Waals surface area contributed by atoms with Gasteiger partial charge >= 0.3 is 5.97 Å². The molecule has 1 aromatic carbocycles. The third-order valence-electron chi connectivity index (χ3n) is 8.27. The largest absolute Gasteiger partial charge is 0.461 e. The molecule has 206 valence electrons. The van der Waals surface area contributed by atoms with Crippen molar-refractivity contribution in [1.82, 2.24) is 9.80 Å². The van der Waals surface area contributed by atoms with Crippen LogP contribution >= 0.6 is 0 Å². The molecule has 3 saturated heterocycles. The molecule has 2 unspecified atom stereocenters. The third-order valence-corrected chi connectivity index (χ3v) is 8.27. The summed E-state index contributed by atoms with van der Waals surface area (Å²) in [7, 11) is 0. The maximum atomic E-state index is 14.5. The number of aliphatic hydroxyl groups excluding tert-OH is 1. The second-order valence-electron chi connectivity index (χ2n) is 11.4. The van der Waals surface area contributed by atoms with E-state index in [0.29, 0.717) is 25.8 Å². The van der Waals surface area contributed by atoms with Gasteiger partial charge in [-0.2, -0.15) is 0 Å². The highest BCUT2D eigenvalue weighted by Gasteiger charge is 2.79. The van der Waals surface area contributed by atoms with Crippen LogP contribution in [0.4, 0.5) is 0 Å². The summed E-state index contributed by atoms with van der Waals surface area (Å²) in [5.74, 6) is -2.65. The van der Waals surface area contributed by atoms with Crippen LogP contribution in [-0.4, -0.2) is 75.7 Å². The second kappa shape index (κ2) is 11.0. The molecule has 8 heteroatoms. The molecule has 0 aliphatic carbocycles. The van der Waals surface area contributed by atoms with Gasteiger partial charge in [-0.15, -0.1) is 6.58 Å². The van der Waals surface area contributed by atoms with Crippen molar-refractivity contribution in [3.8, 4) is 0 Å². The van der Waals surface area contributed by atoms with Crippen molar-refractivity contribution in [2.24, 2.45) is 17.8 Å². The maximum absolute atomic E-state index is 14.5. The number of aliphatic hydroxyl groups is 1. The fourth-order valence-corrected chi connectivity index (χ4v) is 6.81. The van der Waals surface area contributed by atoms with Crippen LogP contribution in [0.25, 0.3) is 0 Å². The molecular weight excluding hydrogens is 484 g/mol. The van der Waals surface area contributed by atoms with Crippen molar-refractivity contribution in [3.63, 3.8) is 0 Å². The van der Waals surface area contributed by atoms with E-state index in [4.69, 9.17) is 9.47 Å². The molecule has 1 N–H and O–H groups in total.